The van der Waals surface area contributed by atoms with Crippen molar-refractivity contribution in [2.75, 3.05) is 18.1 Å². The molecule has 4 unspecified atom stereocenters. The normalized spacial score (nSPS) is 14.9. The maximum absolute atomic E-state index is 12.5. The Morgan fingerprint density at radius 3 is 2.07 bits per heavy atom. The molecule has 1 heterocycles. The fraction of sp³-hybridized carbons (Fsp3) is 0.533. The number of H-pyrrole nitrogens is 1. The van der Waals surface area contributed by atoms with Gasteiger partial charge >= 0.3 is 5.97 Å². The van der Waals surface area contributed by atoms with E-state index < -0.39 is 54.5 Å². The number of carbonyl (C=O) groups excluding carboxylic acids is 3. The number of nitrogens with two attached hydrogens (primary N) is 1. The molecule has 0 bridgehead atoms. The third-order valence-corrected chi connectivity index (χ3v) is 4.49. The van der Waals surface area contributed by atoms with Crippen molar-refractivity contribution in [3.8, 4) is 0 Å². The van der Waals surface area contributed by atoms with Gasteiger partial charge in [0.15, 0.2) is 0 Å². The van der Waals surface area contributed by atoms with Crippen LogP contribution in [0, 0.1) is 0 Å². The summed E-state index contributed by atoms with van der Waals surface area (Å²) in [6.45, 7) is -0.613. The highest BCUT2D eigenvalue weighted by atomic mass is 32.1. The maximum Gasteiger partial charge on any atom is 0.327 e. The molecule has 0 aliphatic carbocycles. The minimum atomic E-state index is -1.28. The van der Waals surface area contributed by atoms with Gasteiger partial charge in [-0.25, -0.2) is 9.78 Å². The Balaban J connectivity index is 2.91. The van der Waals surface area contributed by atoms with Crippen molar-refractivity contribution in [2.24, 2.45) is 5.73 Å². The average molecular weight is 449 g/mol. The number of imidazole rings is 1. The summed E-state index contributed by atoms with van der Waals surface area (Å²) in [6.07, 6.45) is 2.81. The summed E-state index contributed by atoms with van der Waals surface area (Å²) in [7, 11) is 0. The summed E-state index contributed by atoms with van der Waals surface area (Å²) < 4.78 is 0. The SMILES string of the molecule is NC(CO)C(=O)NC(CS)C(=O)NC(Cc1cnc[nH]1)C(=O)NC(CS)C(=O)O. The van der Waals surface area contributed by atoms with E-state index in [4.69, 9.17) is 15.9 Å². The Hall–Kier alpha value is -2.29. The van der Waals surface area contributed by atoms with E-state index in [1.807, 2.05) is 0 Å². The molecular formula is C15H24N6O6S2. The molecule has 0 aromatic carbocycles. The van der Waals surface area contributed by atoms with Gasteiger partial charge in [-0.2, -0.15) is 25.3 Å². The van der Waals surface area contributed by atoms with Gasteiger partial charge in [-0.1, -0.05) is 0 Å². The summed E-state index contributed by atoms with van der Waals surface area (Å²) in [4.78, 5) is 54.6. The van der Waals surface area contributed by atoms with Gasteiger partial charge in [0.25, 0.3) is 0 Å². The number of nitrogens with zero attached hydrogens (tertiary/aromatic N) is 1. The highest BCUT2D eigenvalue weighted by molar-refractivity contribution is 7.80. The van der Waals surface area contributed by atoms with Gasteiger partial charge in [-0.3, -0.25) is 14.4 Å². The number of aromatic amines is 1. The van der Waals surface area contributed by atoms with Crippen LogP contribution in [0.2, 0.25) is 0 Å². The van der Waals surface area contributed by atoms with Gasteiger partial charge < -0.3 is 36.9 Å². The minimum Gasteiger partial charge on any atom is -0.480 e. The molecule has 1 aromatic rings. The van der Waals surface area contributed by atoms with Gasteiger partial charge in [-0.15, -0.1) is 0 Å². The lowest BCUT2D eigenvalue weighted by molar-refractivity contribution is -0.141. The maximum atomic E-state index is 12.5. The number of carbonyl (C=O) groups is 4. The molecule has 0 spiro atoms. The topological polar surface area (TPSA) is 200 Å². The number of aliphatic hydroxyl groups excluding tert-OH is 1. The van der Waals surface area contributed by atoms with E-state index in [0.29, 0.717) is 5.69 Å². The third kappa shape index (κ3) is 7.92. The van der Waals surface area contributed by atoms with E-state index in [2.05, 4.69) is 51.2 Å². The van der Waals surface area contributed by atoms with Gasteiger partial charge in [0, 0.05) is 29.8 Å². The van der Waals surface area contributed by atoms with Crippen LogP contribution in [-0.2, 0) is 25.6 Å². The predicted molar refractivity (Wildman–Crippen MR) is 108 cm³/mol. The first kappa shape index (κ1) is 24.7. The number of nitrogens with one attached hydrogen (secondary N) is 4. The van der Waals surface area contributed by atoms with Crippen LogP contribution in [0.3, 0.4) is 0 Å². The van der Waals surface area contributed by atoms with E-state index >= 15 is 0 Å². The van der Waals surface area contributed by atoms with Crippen LogP contribution in [0.15, 0.2) is 12.5 Å². The van der Waals surface area contributed by atoms with Gasteiger partial charge in [0.2, 0.25) is 17.7 Å². The fourth-order valence-electron chi connectivity index (χ4n) is 2.11. The molecule has 1 rings (SSSR count). The van der Waals surface area contributed by atoms with Crippen molar-refractivity contribution in [3.63, 3.8) is 0 Å². The molecule has 8 N–H and O–H groups in total. The standard InChI is InChI=1S/C15H24N6O6S2/c16-8(3-22)12(23)20-10(4-28)14(25)19-9(1-7-2-17-6-18-7)13(24)21-11(5-29)15(26)27/h2,6,8-11,22,28-29H,1,3-5,16H2,(H,17,18)(H,19,25)(H,20,23)(H,21,24)(H,26,27). The van der Waals surface area contributed by atoms with Gasteiger partial charge in [0.1, 0.15) is 24.2 Å². The molecule has 1 aromatic heterocycles. The number of carboxylic acid groups (broad SMARTS) is 1. The summed E-state index contributed by atoms with van der Waals surface area (Å²) in [5.41, 5.74) is 5.91. The number of hydrogen-bond acceptors (Lipinski definition) is 9. The first-order chi connectivity index (χ1) is 13.7. The quantitative estimate of drug-likeness (QED) is 0.148. The lowest BCUT2D eigenvalue weighted by atomic mass is 10.1. The zero-order chi connectivity index (χ0) is 22.0. The summed E-state index contributed by atoms with van der Waals surface area (Å²) in [5, 5.41) is 25.1. The summed E-state index contributed by atoms with van der Waals surface area (Å²) in [6, 6.07) is -4.79. The molecule has 12 nitrogen and oxygen atoms in total. The van der Waals surface area contributed by atoms with Crippen LogP contribution < -0.4 is 21.7 Å². The average Bonchev–Trinajstić information content (AvgIpc) is 3.21. The van der Waals surface area contributed by atoms with E-state index in [1.54, 1.807) is 0 Å². The van der Waals surface area contributed by atoms with E-state index in [-0.39, 0.29) is 17.9 Å². The van der Waals surface area contributed by atoms with Crippen LogP contribution in [0.5, 0.6) is 0 Å². The van der Waals surface area contributed by atoms with E-state index in [9.17, 15) is 19.2 Å². The smallest absolute Gasteiger partial charge is 0.327 e. The van der Waals surface area contributed by atoms with E-state index in [1.165, 1.54) is 12.5 Å². The molecule has 0 saturated carbocycles. The number of aromatic nitrogens is 2. The highest BCUT2D eigenvalue weighted by Crippen LogP contribution is 2.02. The van der Waals surface area contributed by atoms with Crippen molar-refractivity contribution >= 4 is 48.9 Å². The molecule has 0 aliphatic heterocycles. The molecule has 14 heteroatoms. The molecule has 0 fully saturated rings. The van der Waals surface area contributed by atoms with Gasteiger partial charge in [-0.05, 0) is 0 Å². The van der Waals surface area contributed by atoms with Crippen LogP contribution in [0.25, 0.3) is 0 Å². The van der Waals surface area contributed by atoms with Gasteiger partial charge in [0.05, 0.1) is 12.9 Å². The van der Waals surface area contributed by atoms with Crippen LogP contribution in [0.1, 0.15) is 5.69 Å². The largest absolute Gasteiger partial charge is 0.480 e. The zero-order valence-electron chi connectivity index (χ0n) is 15.2. The van der Waals surface area contributed by atoms with Crippen molar-refractivity contribution < 1.29 is 29.4 Å². The number of aliphatic carboxylic acids is 1. The lowest BCUT2D eigenvalue weighted by Crippen LogP contribution is -2.58. The zero-order valence-corrected chi connectivity index (χ0v) is 17.0. The number of carboxylic acids is 1. The Morgan fingerprint density at radius 2 is 1.59 bits per heavy atom. The molecule has 0 radical (unpaired) electrons. The summed E-state index contributed by atoms with van der Waals surface area (Å²) >= 11 is 7.89. The first-order valence-corrected chi connectivity index (χ1v) is 9.69. The second-order valence-corrected chi connectivity index (χ2v) is 6.69. The predicted octanol–water partition coefficient (Wildman–Crippen LogP) is -3.33. The van der Waals surface area contributed by atoms with Crippen molar-refractivity contribution in [2.45, 2.75) is 30.6 Å². The monoisotopic (exact) mass is 448 g/mol. The molecule has 3 amide bonds. The number of thiol groups is 2. The second-order valence-electron chi connectivity index (χ2n) is 5.96. The first-order valence-electron chi connectivity index (χ1n) is 8.42. The minimum absolute atomic E-state index is 0.0140. The van der Waals surface area contributed by atoms with E-state index in [0.717, 1.165) is 0 Å². The molecule has 162 valence electrons. The van der Waals surface area contributed by atoms with Crippen molar-refractivity contribution in [3.05, 3.63) is 18.2 Å². The Bertz CT molecular complexity index is 703. The molecule has 29 heavy (non-hydrogen) atoms. The Kier molecular flexibility index (Phi) is 10.5. The molecule has 0 aliphatic rings. The van der Waals surface area contributed by atoms with Crippen LogP contribution in [0.4, 0.5) is 0 Å². The number of amides is 3. The number of aliphatic hydroxyl groups is 1. The Labute approximate surface area is 177 Å². The van der Waals surface area contributed by atoms with Crippen molar-refractivity contribution in [1.82, 2.24) is 25.9 Å². The fourth-order valence-corrected chi connectivity index (χ4v) is 2.62. The van der Waals surface area contributed by atoms with Crippen molar-refractivity contribution in [1.29, 1.82) is 0 Å². The van der Waals surface area contributed by atoms with Crippen LogP contribution in [-0.4, -0.2) is 86.2 Å². The second kappa shape index (κ2) is 12.3. The highest BCUT2D eigenvalue weighted by Gasteiger charge is 2.29. The number of hydrogen-bond donors (Lipinski definition) is 9. The lowest BCUT2D eigenvalue weighted by Gasteiger charge is -2.24. The number of rotatable bonds is 12. The Morgan fingerprint density at radius 1 is 1.03 bits per heavy atom. The van der Waals surface area contributed by atoms with Crippen LogP contribution >= 0.6 is 25.3 Å². The molecule has 4 atom stereocenters. The molecule has 0 saturated heterocycles. The molecular weight excluding hydrogens is 424 g/mol. The summed E-state index contributed by atoms with van der Waals surface area (Å²) in [5.74, 6) is -3.81. The third-order valence-electron chi connectivity index (χ3n) is 3.76.